The van der Waals surface area contributed by atoms with E-state index in [2.05, 4.69) is 5.32 Å². The maximum Gasteiger partial charge on any atom is 0.374 e. The number of ether oxygens (including phenoxy) is 1. The molecule has 1 heterocycles. The number of rotatable bonds is 7. The van der Waals surface area contributed by atoms with Gasteiger partial charge in [-0.2, -0.15) is 0 Å². The first kappa shape index (κ1) is 18.2. The van der Waals surface area contributed by atoms with Crippen molar-refractivity contribution < 1.29 is 23.7 Å². The van der Waals surface area contributed by atoms with Crippen molar-refractivity contribution in [3.8, 4) is 11.3 Å². The summed E-state index contributed by atoms with van der Waals surface area (Å²) in [5, 5.41) is 13.3. The van der Waals surface area contributed by atoms with E-state index in [1.165, 1.54) is 30.3 Å². The van der Waals surface area contributed by atoms with Crippen LogP contribution in [0.1, 0.15) is 30.8 Å². The van der Waals surface area contributed by atoms with Crippen molar-refractivity contribution in [3.05, 3.63) is 52.3 Å². The second kappa shape index (κ2) is 8.09. The van der Waals surface area contributed by atoms with Crippen molar-refractivity contribution in [1.82, 2.24) is 5.32 Å². The first-order valence-electron chi connectivity index (χ1n) is 7.72. The number of nitrogens with one attached hydrogen (secondary N) is 1. The van der Waals surface area contributed by atoms with Gasteiger partial charge < -0.3 is 14.5 Å². The Kier molecular flexibility index (Phi) is 5.89. The van der Waals surface area contributed by atoms with Crippen LogP contribution in [0.3, 0.4) is 0 Å². The van der Waals surface area contributed by atoms with Crippen LogP contribution in [0.25, 0.3) is 11.3 Å². The van der Waals surface area contributed by atoms with Crippen LogP contribution in [0, 0.1) is 10.1 Å². The number of amides is 1. The molecule has 0 saturated carbocycles. The number of furan rings is 1. The molecule has 1 atom stereocenters. The summed E-state index contributed by atoms with van der Waals surface area (Å²) in [5.74, 6) is -0.826. The van der Waals surface area contributed by atoms with Crippen molar-refractivity contribution in [1.29, 1.82) is 0 Å². The Labute approximate surface area is 143 Å². The van der Waals surface area contributed by atoms with Gasteiger partial charge in [-0.25, -0.2) is 4.79 Å². The summed E-state index contributed by atoms with van der Waals surface area (Å²) in [5.41, 5.74) is 0.543. The average molecular weight is 346 g/mol. The maximum absolute atomic E-state index is 11.9. The Hall–Kier alpha value is -3.16. The summed E-state index contributed by atoms with van der Waals surface area (Å²) in [6.07, 6.45) is 0.774. The predicted molar refractivity (Wildman–Crippen MR) is 89.0 cm³/mol. The molecule has 0 aliphatic carbocycles. The van der Waals surface area contributed by atoms with E-state index in [1.54, 1.807) is 6.07 Å². The van der Waals surface area contributed by atoms with Crippen LogP contribution >= 0.6 is 0 Å². The molecule has 8 heteroatoms. The third-order valence-electron chi connectivity index (χ3n) is 3.52. The van der Waals surface area contributed by atoms with Crippen molar-refractivity contribution >= 4 is 17.6 Å². The summed E-state index contributed by atoms with van der Waals surface area (Å²) in [6, 6.07) is 8.70. The van der Waals surface area contributed by atoms with Gasteiger partial charge in [0.05, 0.1) is 4.92 Å². The zero-order valence-electron chi connectivity index (χ0n) is 13.9. The number of nitro groups is 1. The normalized spacial score (nSPS) is 11.6. The summed E-state index contributed by atoms with van der Waals surface area (Å²) >= 11 is 0. The van der Waals surface area contributed by atoms with Gasteiger partial charge in [0.15, 0.2) is 6.61 Å². The van der Waals surface area contributed by atoms with Gasteiger partial charge in [-0.15, -0.1) is 0 Å². The minimum atomic E-state index is -0.757. The largest absolute Gasteiger partial charge is 0.450 e. The number of nitrogens with zero attached hydrogens (tertiary/aromatic N) is 1. The van der Waals surface area contributed by atoms with E-state index in [0.29, 0.717) is 11.3 Å². The number of carbonyl (C=O) groups excluding carboxylic acids is 2. The number of nitro benzene ring substituents is 1. The van der Waals surface area contributed by atoms with Crippen LogP contribution in [0.4, 0.5) is 5.69 Å². The third kappa shape index (κ3) is 4.90. The molecule has 0 aliphatic heterocycles. The number of hydrogen-bond donors (Lipinski definition) is 1. The molecule has 1 aromatic carbocycles. The van der Waals surface area contributed by atoms with Crippen molar-refractivity contribution in [3.63, 3.8) is 0 Å². The van der Waals surface area contributed by atoms with E-state index in [4.69, 9.17) is 9.15 Å². The summed E-state index contributed by atoms with van der Waals surface area (Å²) in [7, 11) is 0. The van der Waals surface area contributed by atoms with Gasteiger partial charge in [0, 0.05) is 23.7 Å². The zero-order chi connectivity index (χ0) is 18.4. The predicted octanol–water partition coefficient (Wildman–Crippen LogP) is 2.93. The van der Waals surface area contributed by atoms with Gasteiger partial charge in [0.1, 0.15) is 5.76 Å². The Morgan fingerprint density at radius 2 is 1.92 bits per heavy atom. The van der Waals surface area contributed by atoms with Crippen molar-refractivity contribution in [2.24, 2.45) is 0 Å². The molecule has 0 spiro atoms. The highest BCUT2D eigenvalue weighted by Crippen LogP contribution is 2.24. The van der Waals surface area contributed by atoms with E-state index in [9.17, 15) is 19.7 Å². The zero-order valence-corrected chi connectivity index (χ0v) is 13.9. The standard InChI is InChI=1S/C17H18N2O6/c1-3-11(2)18-16(20)10-24-17(21)15-9-8-14(25-15)12-4-6-13(7-5-12)19(22)23/h4-9,11H,3,10H2,1-2H3,(H,18,20)/t11-/m1/s1. The van der Waals surface area contributed by atoms with Crippen LogP contribution in [0.2, 0.25) is 0 Å². The molecule has 1 aromatic heterocycles. The minimum Gasteiger partial charge on any atom is -0.450 e. The first-order valence-corrected chi connectivity index (χ1v) is 7.72. The highest BCUT2D eigenvalue weighted by atomic mass is 16.6. The number of esters is 1. The quantitative estimate of drug-likeness (QED) is 0.469. The minimum absolute atomic E-state index is 0.00329. The summed E-state index contributed by atoms with van der Waals surface area (Å²) in [4.78, 5) is 33.6. The van der Waals surface area contributed by atoms with E-state index in [1.807, 2.05) is 13.8 Å². The molecule has 2 rings (SSSR count). The second-order valence-electron chi connectivity index (χ2n) is 5.42. The first-order chi connectivity index (χ1) is 11.9. The smallest absolute Gasteiger partial charge is 0.374 e. The lowest BCUT2D eigenvalue weighted by Crippen LogP contribution is -2.35. The van der Waals surface area contributed by atoms with Crippen LogP contribution in [0.5, 0.6) is 0 Å². The molecular formula is C17H18N2O6. The Bertz CT molecular complexity index is 766. The van der Waals surface area contributed by atoms with E-state index < -0.39 is 17.5 Å². The molecule has 132 valence electrons. The lowest BCUT2D eigenvalue weighted by atomic mass is 10.1. The van der Waals surface area contributed by atoms with Gasteiger partial charge in [-0.05, 0) is 37.6 Å². The topological polar surface area (TPSA) is 112 Å². The molecule has 0 fully saturated rings. The molecular weight excluding hydrogens is 328 g/mol. The number of non-ortho nitro benzene ring substituents is 1. The third-order valence-corrected chi connectivity index (χ3v) is 3.52. The number of carbonyl (C=O) groups is 2. The molecule has 0 aliphatic rings. The lowest BCUT2D eigenvalue weighted by molar-refractivity contribution is -0.384. The van der Waals surface area contributed by atoms with Gasteiger partial charge in [0.25, 0.3) is 11.6 Å². The Balaban J connectivity index is 1.97. The molecule has 0 bridgehead atoms. The lowest BCUT2D eigenvalue weighted by Gasteiger charge is -2.10. The monoisotopic (exact) mass is 346 g/mol. The average Bonchev–Trinajstić information content (AvgIpc) is 3.09. The molecule has 1 N–H and O–H groups in total. The summed E-state index contributed by atoms with van der Waals surface area (Å²) < 4.78 is 10.3. The molecule has 0 unspecified atom stereocenters. The number of benzene rings is 1. The van der Waals surface area contributed by atoms with Crippen molar-refractivity contribution in [2.75, 3.05) is 6.61 Å². The molecule has 0 radical (unpaired) electrons. The second-order valence-corrected chi connectivity index (χ2v) is 5.42. The van der Waals surface area contributed by atoms with Crippen LogP contribution in [-0.4, -0.2) is 29.4 Å². The maximum atomic E-state index is 11.9. The fourth-order valence-corrected chi connectivity index (χ4v) is 1.97. The van der Waals surface area contributed by atoms with Gasteiger partial charge in [0.2, 0.25) is 5.76 Å². The van der Waals surface area contributed by atoms with Gasteiger partial charge >= 0.3 is 5.97 Å². The number of hydrogen-bond acceptors (Lipinski definition) is 6. The van der Waals surface area contributed by atoms with Crippen LogP contribution in [0.15, 0.2) is 40.8 Å². The van der Waals surface area contributed by atoms with Crippen LogP contribution in [-0.2, 0) is 9.53 Å². The molecule has 25 heavy (non-hydrogen) atoms. The molecule has 0 saturated heterocycles. The van der Waals surface area contributed by atoms with Crippen molar-refractivity contribution in [2.45, 2.75) is 26.3 Å². The molecule has 1 amide bonds. The van der Waals surface area contributed by atoms with E-state index >= 15 is 0 Å². The SMILES string of the molecule is CC[C@@H](C)NC(=O)COC(=O)c1ccc(-c2ccc([N+](=O)[O-])cc2)o1. The van der Waals surface area contributed by atoms with E-state index in [-0.39, 0.29) is 23.4 Å². The fraction of sp³-hybridized carbons (Fsp3) is 0.294. The molecule has 8 nitrogen and oxygen atoms in total. The van der Waals surface area contributed by atoms with Gasteiger partial charge in [-0.3, -0.25) is 14.9 Å². The summed E-state index contributed by atoms with van der Waals surface area (Å²) in [6.45, 7) is 3.39. The highest BCUT2D eigenvalue weighted by molar-refractivity contribution is 5.89. The Morgan fingerprint density at radius 1 is 1.24 bits per heavy atom. The van der Waals surface area contributed by atoms with E-state index in [0.717, 1.165) is 6.42 Å². The van der Waals surface area contributed by atoms with Gasteiger partial charge in [-0.1, -0.05) is 6.92 Å². The highest BCUT2D eigenvalue weighted by Gasteiger charge is 2.16. The fourth-order valence-electron chi connectivity index (χ4n) is 1.97. The molecule has 2 aromatic rings. The van der Waals surface area contributed by atoms with Crippen LogP contribution < -0.4 is 5.32 Å². The Morgan fingerprint density at radius 3 is 2.52 bits per heavy atom.